The van der Waals surface area contributed by atoms with Gasteiger partial charge in [-0.25, -0.2) is 0 Å². The van der Waals surface area contributed by atoms with Gasteiger partial charge in [0.05, 0.1) is 0 Å². The van der Waals surface area contributed by atoms with Gasteiger partial charge in [0.15, 0.2) is 0 Å². The van der Waals surface area contributed by atoms with Crippen molar-refractivity contribution < 1.29 is 9.59 Å². The van der Waals surface area contributed by atoms with Crippen molar-refractivity contribution >= 4 is 11.6 Å². The van der Waals surface area contributed by atoms with E-state index in [9.17, 15) is 9.59 Å². The van der Waals surface area contributed by atoms with E-state index in [2.05, 4.69) is 0 Å². The molecule has 0 aliphatic heterocycles. The van der Waals surface area contributed by atoms with Crippen molar-refractivity contribution in [1.82, 2.24) is 0 Å². The molecule has 0 rings (SSSR count). The summed E-state index contributed by atoms with van der Waals surface area (Å²) >= 11 is 0. The van der Waals surface area contributed by atoms with Gasteiger partial charge < -0.3 is 0 Å². The van der Waals surface area contributed by atoms with Crippen LogP contribution in [-0.2, 0) is 9.59 Å². The first-order valence-corrected chi connectivity index (χ1v) is 5.57. The molecule has 0 N–H and O–H groups in total. The first kappa shape index (κ1) is 14.3. The summed E-state index contributed by atoms with van der Waals surface area (Å²) in [6.07, 6.45) is 1.34. The summed E-state index contributed by atoms with van der Waals surface area (Å²) in [6.45, 7) is 11.8. The Morgan fingerprint density at radius 1 is 0.867 bits per heavy atom. The van der Waals surface area contributed by atoms with Crippen LogP contribution in [0.3, 0.4) is 0 Å². The number of hydrogen-bond donors (Lipinski definition) is 0. The molecule has 0 aromatic heterocycles. The minimum absolute atomic E-state index is 0.0296. The van der Waals surface area contributed by atoms with Crippen molar-refractivity contribution in [2.24, 2.45) is 10.8 Å². The summed E-state index contributed by atoms with van der Waals surface area (Å²) in [5.41, 5.74) is -0.288. The van der Waals surface area contributed by atoms with Gasteiger partial charge in [-0.15, -0.1) is 0 Å². The number of carbonyl (C=O) groups is 2. The van der Waals surface area contributed by atoms with Crippen LogP contribution in [0.1, 0.15) is 60.8 Å². The van der Waals surface area contributed by atoms with E-state index in [1.54, 1.807) is 0 Å². The van der Waals surface area contributed by atoms with Crippen LogP contribution in [-0.4, -0.2) is 11.6 Å². The predicted molar refractivity (Wildman–Crippen MR) is 62.8 cm³/mol. The third-order valence-corrected chi connectivity index (χ3v) is 2.19. The number of hydrogen-bond acceptors (Lipinski definition) is 2. The first-order chi connectivity index (χ1) is 6.52. The standard InChI is InChI=1S/C13H24O2/c1-12(2,3)9-10(14)7-8-11(15)13(4,5)6/h7-9H2,1-6H3. The number of Topliss-reactive ketones (excluding diaryl/α,β-unsaturated/α-hetero) is 2. The van der Waals surface area contributed by atoms with Crippen LogP contribution >= 0.6 is 0 Å². The SMILES string of the molecule is CC(C)(C)CC(=O)CCC(=O)C(C)(C)C. The van der Waals surface area contributed by atoms with Crippen molar-refractivity contribution in [2.45, 2.75) is 60.8 Å². The maximum atomic E-state index is 11.6. The number of ketones is 2. The fraction of sp³-hybridized carbons (Fsp3) is 0.846. The number of carbonyl (C=O) groups excluding carboxylic acids is 2. The molecule has 0 aliphatic carbocycles. The van der Waals surface area contributed by atoms with Gasteiger partial charge >= 0.3 is 0 Å². The average Bonchev–Trinajstić information content (AvgIpc) is 1.94. The van der Waals surface area contributed by atoms with Crippen molar-refractivity contribution in [3.05, 3.63) is 0 Å². The largest absolute Gasteiger partial charge is 0.300 e. The Morgan fingerprint density at radius 3 is 1.67 bits per heavy atom. The second-order valence-corrected chi connectivity index (χ2v) is 6.45. The molecule has 2 nitrogen and oxygen atoms in total. The molecule has 0 saturated heterocycles. The van der Waals surface area contributed by atoms with E-state index in [4.69, 9.17) is 0 Å². The third kappa shape index (κ3) is 7.29. The summed E-state index contributed by atoms with van der Waals surface area (Å²) in [5.74, 6) is 0.366. The van der Waals surface area contributed by atoms with Crippen molar-refractivity contribution in [3.63, 3.8) is 0 Å². The Labute approximate surface area is 93.4 Å². The highest BCUT2D eigenvalue weighted by atomic mass is 16.1. The highest BCUT2D eigenvalue weighted by Gasteiger charge is 2.22. The highest BCUT2D eigenvalue weighted by Crippen LogP contribution is 2.22. The molecule has 0 aliphatic rings. The van der Waals surface area contributed by atoms with E-state index < -0.39 is 0 Å². The van der Waals surface area contributed by atoms with Crippen molar-refractivity contribution in [3.8, 4) is 0 Å². The van der Waals surface area contributed by atoms with Gasteiger partial charge in [0.25, 0.3) is 0 Å². The Bertz CT molecular complexity index is 238. The van der Waals surface area contributed by atoms with Crippen LogP contribution < -0.4 is 0 Å². The van der Waals surface area contributed by atoms with Gasteiger partial charge in [0, 0.05) is 24.7 Å². The molecule has 0 bridgehead atoms. The van der Waals surface area contributed by atoms with Gasteiger partial charge in [0.2, 0.25) is 0 Å². The summed E-state index contributed by atoms with van der Waals surface area (Å²) in [4.78, 5) is 23.1. The Kier molecular flexibility index (Phi) is 4.69. The quantitative estimate of drug-likeness (QED) is 0.716. The molecule has 88 valence electrons. The van der Waals surface area contributed by atoms with Crippen LogP contribution in [0.25, 0.3) is 0 Å². The van der Waals surface area contributed by atoms with Gasteiger partial charge in [-0.05, 0) is 5.41 Å². The molecule has 0 aromatic rings. The van der Waals surface area contributed by atoms with Crippen LogP contribution in [0.2, 0.25) is 0 Å². The van der Waals surface area contributed by atoms with Gasteiger partial charge in [0.1, 0.15) is 11.6 Å². The van der Waals surface area contributed by atoms with E-state index in [0.717, 1.165) is 0 Å². The van der Waals surface area contributed by atoms with E-state index in [-0.39, 0.29) is 22.4 Å². The van der Waals surface area contributed by atoms with Gasteiger partial charge in [-0.1, -0.05) is 41.5 Å². The molecule has 0 amide bonds. The second kappa shape index (κ2) is 4.91. The molecule has 0 saturated carbocycles. The van der Waals surface area contributed by atoms with Crippen LogP contribution in [0.5, 0.6) is 0 Å². The molecule has 0 atom stereocenters. The van der Waals surface area contributed by atoms with E-state index in [1.165, 1.54) is 0 Å². The fourth-order valence-electron chi connectivity index (χ4n) is 1.31. The Hall–Kier alpha value is -0.660. The maximum Gasteiger partial charge on any atom is 0.138 e. The summed E-state index contributed by atoms with van der Waals surface area (Å²) in [7, 11) is 0. The molecule has 0 heterocycles. The molecule has 0 radical (unpaired) electrons. The summed E-state index contributed by atoms with van der Waals surface area (Å²) in [5, 5.41) is 0. The lowest BCUT2D eigenvalue weighted by Gasteiger charge is -2.18. The fourth-order valence-corrected chi connectivity index (χ4v) is 1.31. The molecule has 15 heavy (non-hydrogen) atoms. The zero-order chi connectivity index (χ0) is 12.3. The van der Waals surface area contributed by atoms with E-state index in [1.807, 2.05) is 41.5 Å². The van der Waals surface area contributed by atoms with Crippen molar-refractivity contribution in [2.75, 3.05) is 0 Å². The lowest BCUT2D eigenvalue weighted by atomic mass is 9.85. The Balaban J connectivity index is 3.98. The molecule has 0 fully saturated rings. The van der Waals surface area contributed by atoms with Crippen LogP contribution in [0.15, 0.2) is 0 Å². The van der Waals surface area contributed by atoms with Gasteiger partial charge in [-0.2, -0.15) is 0 Å². The predicted octanol–water partition coefficient (Wildman–Crippen LogP) is 3.39. The monoisotopic (exact) mass is 212 g/mol. The minimum Gasteiger partial charge on any atom is -0.300 e. The number of rotatable bonds is 4. The van der Waals surface area contributed by atoms with Crippen LogP contribution in [0, 0.1) is 10.8 Å². The molecule has 0 spiro atoms. The van der Waals surface area contributed by atoms with Crippen LogP contribution in [0.4, 0.5) is 0 Å². The normalized spacial score (nSPS) is 12.7. The van der Waals surface area contributed by atoms with E-state index in [0.29, 0.717) is 19.3 Å². The lowest BCUT2D eigenvalue weighted by molar-refractivity contribution is -0.129. The lowest BCUT2D eigenvalue weighted by Crippen LogP contribution is -2.21. The first-order valence-electron chi connectivity index (χ1n) is 5.57. The second-order valence-electron chi connectivity index (χ2n) is 6.45. The smallest absolute Gasteiger partial charge is 0.138 e. The molecule has 0 aromatic carbocycles. The summed E-state index contributed by atoms with van der Waals surface area (Å²) < 4.78 is 0. The molecular formula is C13H24O2. The summed E-state index contributed by atoms with van der Waals surface area (Å²) in [6, 6.07) is 0. The molecule has 0 unspecified atom stereocenters. The average molecular weight is 212 g/mol. The van der Waals surface area contributed by atoms with E-state index >= 15 is 0 Å². The molecular weight excluding hydrogens is 188 g/mol. The zero-order valence-corrected chi connectivity index (χ0v) is 10.9. The van der Waals surface area contributed by atoms with Gasteiger partial charge in [-0.3, -0.25) is 9.59 Å². The minimum atomic E-state index is -0.317. The maximum absolute atomic E-state index is 11.6. The third-order valence-electron chi connectivity index (χ3n) is 2.19. The topological polar surface area (TPSA) is 34.1 Å². The zero-order valence-electron chi connectivity index (χ0n) is 10.9. The van der Waals surface area contributed by atoms with Crippen molar-refractivity contribution in [1.29, 1.82) is 0 Å². The highest BCUT2D eigenvalue weighted by molar-refractivity contribution is 5.88. The molecule has 2 heteroatoms. The Morgan fingerprint density at radius 2 is 1.33 bits per heavy atom.